The van der Waals surface area contributed by atoms with E-state index >= 15 is 0 Å². The molecular weight excluding hydrogens is 506 g/mol. The molecule has 1 amide bonds. The number of fused-ring (bicyclic) bond motifs is 1. The Balaban J connectivity index is 0.00000289. The lowest BCUT2D eigenvalue weighted by molar-refractivity contribution is 0.103. The normalized spacial score (nSPS) is 18.5. The summed E-state index contributed by atoms with van der Waals surface area (Å²) in [5, 5.41) is 8.69. The number of hydrogen-bond donors (Lipinski definition) is 1. The molecule has 35 heavy (non-hydrogen) atoms. The fourth-order valence-electron chi connectivity index (χ4n) is 4.86. The summed E-state index contributed by atoms with van der Waals surface area (Å²) < 4.78 is 29.8. The number of amides is 1. The maximum Gasteiger partial charge on any atom is 0.265 e. The van der Waals surface area contributed by atoms with Gasteiger partial charge in [-0.05, 0) is 51.1 Å². The summed E-state index contributed by atoms with van der Waals surface area (Å²) in [6, 6.07) is 8.84. The van der Waals surface area contributed by atoms with Crippen LogP contribution < -0.4 is 5.32 Å². The molecule has 0 bridgehead atoms. The third-order valence-corrected chi connectivity index (χ3v) is 9.92. The van der Waals surface area contributed by atoms with Crippen LogP contribution in [0.4, 0.5) is 5.69 Å². The zero-order valence-electron chi connectivity index (χ0n) is 20.1. The van der Waals surface area contributed by atoms with E-state index in [4.69, 9.17) is 5.10 Å². The predicted octanol–water partition coefficient (Wildman–Crippen LogP) is 4.52. The monoisotopic (exact) mass is 537 g/mol. The van der Waals surface area contributed by atoms with Crippen molar-refractivity contribution >= 4 is 55.6 Å². The van der Waals surface area contributed by atoms with Gasteiger partial charge in [0.15, 0.2) is 0 Å². The first kappa shape index (κ1) is 26.1. The summed E-state index contributed by atoms with van der Waals surface area (Å²) in [6.45, 7) is 4.34. The number of carbonyl (C=O) groups excluding carboxylic acids is 1. The molecule has 3 aromatic rings. The Hall–Kier alpha value is -1.98. The third-order valence-electron chi connectivity index (χ3n) is 6.90. The summed E-state index contributed by atoms with van der Waals surface area (Å²) in [4.78, 5) is 17.0. The Labute approximate surface area is 216 Å². The molecule has 1 N–H and O–H groups in total. The molecule has 190 valence electrons. The van der Waals surface area contributed by atoms with Gasteiger partial charge in [-0.25, -0.2) is 8.42 Å². The summed E-state index contributed by atoms with van der Waals surface area (Å²) >= 11 is 1.46. The van der Waals surface area contributed by atoms with Gasteiger partial charge in [-0.2, -0.15) is 9.40 Å². The smallest absolute Gasteiger partial charge is 0.265 e. The molecule has 11 heteroatoms. The van der Waals surface area contributed by atoms with E-state index < -0.39 is 10.0 Å². The summed E-state index contributed by atoms with van der Waals surface area (Å²) in [5.74, 6) is -0.232. The van der Waals surface area contributed by atoms with Gasteiger partial charge >= 0.3 is 0 Å². The van der Waals surface area contributed by atoms with E-state index in [1.807, 2.05) is 20.0 Å². The molecule has 0 spiro atoms. The van der Waals surface area contributed by atoms with Gasteiger partial charge in [-0.1, -0.05) is 25.3 Å². The molecule has 0 unspecified atom stereocenters. The van der Waals surface area contributed by atoms with E-state index in [0.29, 0.717) is 42.8 Å². The van der Waals surface area contributed by atoms with Crippen LogP contribution in [0.5, 0.6) is 0 Å². The molecule has 1 aliphatic heterocycles. The lowest BCUT2D eigenvalue weighted by Crippen LogP contribution is -2.47. The number of aryl methyl sites for hydroxylation is 1. The second kappa shape index (κ2) is 10.6. The Morgan fingerprint density at radius 1 is 1.09 bits per heavy atom. The molecule has 0 radical (unpaired) electrons. The maximum absolute atomic E-state index is 13.1. The van der Waals surface area contributed by atoms with Crippen LogP contribution in [0.15, 0.2) is 35.2 Å². The van der Waals surface area contributed by atoms with Gasteiger partial charge in [-0.15, -0.1) is 23.7 Å². The van der Waals surface area contributed by atoms with E-state index in [1.165, 1.54) is 34.9 Å². The highest BCUT2D eigenvalue weighted by Gasteiger charge is 2.28. The topological polar surface area (TPSA) is 87.5 Å². The van der Waals surface area contributed by atoms with Crippen LogP contribution in [0.1, 0.15) is 53.5 Å². The minimum absolute atomic E-state index is 0. The van der Waals surface area contributed by atoms with Crippen molar-refractivity contribution in [1.29, 1.82) is 0 Å². The number of sulfonamides is 1. The average molecular weight is 538 g/mol. The zero-order valence-corrected chi connectivity index (χ0v) is 22.5. The Bertz CT molecular complexity index is 1310. The first-order valence-corrected chi connectivity index (χ1v) is 14.2. The molecule has 0 atom stereocenters. The van der Waals surface area contributed by atoms with Crippen molar-refractivity contribution in [1.82, 2.24) is 19.0 Å². The lowest BCUT2D eigenvalue weighted by atomic mass is 9.96. The predicted molar refractivity (Wildman–Crippen MR) is 142 cm³/mol. The number of halogens is 1. The van der Waals surface area contributed by atoms with Crippen LogP contribution in [0.2, 0.25) is 0 Å². The SMILES string of the molecule is Cc1nn(C2CCCCC2)c2sc(C(=O)Nc3cccc(S(=O)(=O)N4CCN(C)CC4)c3)cc12.Cl. The van der Waals surface area contributed by atoms with Gasteiger partial charge in [0, 0.05) is 37.3 Å². The van der Waals surface area contributed by atoms with E-state index in [9.17, 15) is 13.2 Å². The quantitative estimate of drug-likeness (QED) is 0.517. The number of piperazine rings is 1. The van der Waals surface area contributed by atoms with Crippen LogP contribution in [0.3, 0.4) is 0 Å². The van der Waals surface area contributed by atoms with Crippen LogP contribution in [-0.4, -0.2) is 66.5 Å². The van der Waals surface area contributed by atoms with Gasteiger partial charge in [-0.3, -0.25) is 9.48 Å². The lowest BCUT2D eigenvalue weighted by Gasteiger charge is -2.31. The zero-order chi connectivity index (χ0) is 23.9. The van der Waals surface area contributed by atoms with Crippen molar-refractivity contribution in [3.8, 4) is 0 Å². The number of aromatic nitrogens is 2. The van der Waals surface area contributed by atoms with Crippen molar-refractivity contribution < 1.29 is 13.2 Å². The van der Waals surface area contributed by atoms with E-state index in [1.54, 1.807) is 24.3 Å². The highest BCUT2D eigenvalue weighted by Crippen LogP contribution is 2.35. The second-order valence-electron chi connectivity index (χ2n) is 9.34. The molecule has 1 saturated heterocycles. The van der Waals surface area contributed by atoms with Crippen LogP contribution in [-0.2, 0) is 10.0 Å². The fraction of sp³-hybridized carbons (Fsp3) is 0.500. The first-order chi connectivity index (χ1) is 16.3. The maximum atomic E-state index is 13.1. The van der Waals surface area contributed by atoms with Crippen molar-refractivity contribution in [2.45, 2.75) is 50.0 Å². The van der Waals surface area contributed by atoms with Gasteiger partial charge in [0.25, 0.3) is 5.91 Å². The molecule has 2 aromatic heterocycles. The van der Waals surface area contributed by atoms with E-state index in [2.05, 4.69) is 14.9 Å². The number of benzene rings is 1. The van der Waals surface area contributed by atoms with E-state index in [0.717, 1.165) is 28.8 Å². The van der Waals surface area contributed by atoms with Gasteiger partial charge in [0.05, 0.1) is 21.5 Å². The van der Waals surface area contributed by atoms with Crippen molar-refractivity contribution in [3.05, 3.63) is 40.9 Å². The Morgan fingerprint density at radius 3 is 2.51 bits per heavy atom. The number of carbonyl (C=O) groups is 1. The average Bonchev–Trinajstić information content (AvgIpc) is 3.41. The highest BCUT2D eigenvalue weighted by atomic mass is 35.5. The number of thiophene rings is 1. The summed E-state index contributed by atoms with van der Waals surface area (Å²) in [6.07, 6.45) is 5.98. The summed E-state index contributed by atoms with van der Waals surface area (Å²) in [5.41, 5.74) is 1.42. The largest absolute Gasteiger partial charge is 0.321 e. The number of anilines is 1. The Kier molecular flexibility index (Phi) is 7.87. The second-order valence-corrected chi connectivity index (χ2v) is 12.3. The number of rotatable bonds is 5. The fourth-order valence-corrected chi connectivity index (χ4v) is 7.46. The minimum atomic E-state index is -3.60. The van der Waals surface area contributed by atoms with Crippen LogP contribution in [0.25, 0.3) is 10.2 Å². The molecule has 1 aliphatic carbocycles. The molecule has 2 aliphatic rings. The Morgan fingerprint density at radius 2 is 1.80 bits per heavy atom. The number of nitrogens with zero attached hydrogens (tertiary/aromatic N) is 4. The number of hydrogen-bond acceptors (Lipinski definition) is 6. The molecule has 1 saturated carbocycles. The van der Waals surface area contributed by atoms with E-state index in [-0.39, 0.29) is 23.2 Å². The van der Waals surface area contributed by atoms with Crippen molar-refractivity contribution in [2.75, 3.05) is 38.5 Å². The summed E-state index contributed by atoms with van der Waals surface area (Å²) in [7, 11) is -1.61. The van der Waals surface area contributed by atoms with Crippen LogP contribution in [0, 0.1) is 6.92 Å². The molecular formula is C24H32ClN5O3S2. The highest BCUT2D eigenvalue weighted by molar-refractivity contribution is 7.89. The van der Waals surface area contributed by atoms with Crippen molar-refractivity contribution in [2.24, 2.45) is 0 Å². The molecule has 1 aromatic carbocycles. The van der Waals surface area contributed by atoms with Crippen molar-refractivity contribution in [3.63, 3.8) is 0 Å². The van der Waals surface area contributed by atoms with Gasteiger partial charge < -0.3 is 10.2 Å². The minimum Gasteiger partial charge on any atom is -0.321 e. The molecule has 5 rings (SSSR count). The van der Waals surface area contributed by atoms with Crippen LogP contribution >= 0.6 is 23.7 Å². The van der Waals surface area contributed by atoms with Gasteiger partial charge in [0.1, 0.15) is 4.83 Å². The molecule has 3 heterocycles. The molecule has 8 nitrogen and oxygen atoms in total. The number of nitrogens with one attached hydrogen (secondary N) is 1. The first-order valence-electron chi connectivity index (χ1n) is 11.9. The standard InChI is InChI=1S/C24H31N5O3S2.ClH/c1-17-21-16-22(33-24(21)29(26-17)19-8-4-3-5-9-19)23(30)25-18-7-6-10-20(15-18)34(31,32)28-13-11-27(2)12-14-28;/h6-7,10,15-16,19H,3-5,8-9,11-14H2,1-2H3,(H,25,30);1H. The molecule has 2 fully saturated rings. The third kappa shape index (κ3) is 5.27. The van der Waals surface area contributed by atoms with Gasteiger partial charge in [0.2, 0.25) is 10.0 Å². The number of likely N-dealkylation sites (N-methyl/N-ethyl adjacent to an activating group) is 1.